The number of H-pyrrole nitrogens is 2. The number of nitrogens with one attached hydrogen (secondary N) is 9. The predicted molar refractivity (Wildman–Crippen MR) is 283 cm³/mol. The van der Waals surface area contributed by atoms with Gasteiger partial charge < -0.3 is 69.3 Å². The Balaban J connectivity index is 1.26. The van der Waals surface area contributed by atoms with Crippen molar-refractivity contribution in [2.24, 2.45) is 29.0 Å². The minimum atomic E-state index is -1.52. The smallest absolute Gasteiger partial charge is 0.246 e. The zero-order valence-corrected chi connectivity index (χ0v) is 44.3. The molecule has 0 bridgehead atoms. The average Bonchev–Trinajstić information content (AvgIpc) is 4.19. The number of aromatic amines is 2. The molecular formula is C51H69FN14O10S. The van der Waals surface area contributed by atoms with Crippen molar-refractivity contribution in [2.45, 2.75) is 121 Å². The zero-order valence-electron chi connectivity index (χ0n) is 43.5. The molecule has 1 fully saturated rings. The molecule has 0 aliphatic carbocycles. The van der Waals surface area contributed by atoms with E-state index in [-0.39, 0.29) is 61.3 Å². The van der Waals surface area contributed by atoms with Crippen LogP contribution in [-0.2, 0) is 67.2 Å². The molecule has 2 aromatic heterocycles. The van der Waals surface area contributed by atoms with E-state index >= 15 is 4.39 Å². The van der Waals surface area contributed by atoms with Gasteiger partial charge in [0, 0.05) is 54.0 Å². The van der Waals surface area contributed by atoms with E-state index in [4.69, 9.17) is 17.2 Å². The van der Waals surface area contributed by atoms with Crippen LogP contribution in [-0.4, -0.2) is 145 Å². The summed E-state index contributed by atoms with van der Waals surface area (Å²) in [6, 6.07) is 3.26. The molecule has 0 spiro atoms. The van der Waals surface area contributed by atoms with Crippen LogP contribution in [0, 0.1) is 17.7 Å². The highest BCUT2D eigenvalue weighted by Gasteiger charge is 2.39. The van der Waals surface area contributed by atoms with Crippen molar-refractivity contribution in [1.82, 2.24) is 57.1 Å². The van der Waals surface area contributed by atoms with Gasteiger partial charge in [0.2, 0.25) is 59.1 Å². The van der Waals surface area contributed by atoms with E-state index in [1.165, 1.54) is 54.4 Å². The standard InChI is InChI=1S/C51H69FN14O10S/c1-26(2)16-38(51(76)66-25-77-23-39(66)44(55)69)64-49(74)37(19-31-21-56-24-59-31)61-41(68)22-58-50(75)43(27(3)4)65-45(70)28(5)60-48(73)36(18-30-20-57-34-13-9-12-32(52)42(30)34)63-47(72)35(14-15-40(54)67)62-46(71)33(53)17-29-10-7-6-8-11-29/h6-13,20-21,24,26-28,33,35-39,43,57H,14-19,22-23,25,53H2,1-5H3,(H2,54,67)(H2,55,69)(H,56,59)(H,58,75)(H,60,73)(H,61,68)(H,62,71)(H,63,72)(H,64,74)(H,65,70)/t28-,33+,35-,36-,37-,38-,39-,43-/m0/s1. The fourth-order valence-electron chi connectivity index (χ4n) is 8.47. The molecule has 15 N–H and O–H groups in total. The van der Waals surface area contributed by atoms with Crippen molar-refractivity contribution in [1.29, 1.82) is 0 Å². The Morgan fingerprint density at radius 1 is 0.740 bits per heavy atom. The van der Waals surface area contributed by atoms with Gasteiger partial charge in [0.1, 0.15) is 48.1 Å². The van der Waals surface area contributed by atoms with Crippen LogP contribution in [0.5, 0.6) is 0 Å². The van der Waals surface area contributed by atoms with Gasteiger partial charge in [0.25, 0.3) is 0 Å². The van der Waals surface area contributed by atoms with Crippen molar-refractivity contribution in [3.8, 4) is 0 Å². The molecule has 8 atom stereocenters. The number of halogens is 1. The minimum Gasteiger partial charge on any atom is -0.370 e. The number of hydrogen-bond donors (Lipinski definition) is 12. The maximum atomic E-state index is 15.2. The lowest BCUT2D eigenvalue weighted by atomic mass is 10.0. The van der Waals surface area contributed by atoms with Gasteiger partial charge in [0.05, 0.1) is 24.8 Å². The van der Waals surface area contributed by atoms with Gasteiger partial charge in [0.15, 0.2) is 0 Å². The van der Waals surface area contributed by atoms with E-state index in [2.05, 4.69) is 52.2 Å². The van der Waals surface area contributed by atoms with Gasteiger partial charge in [-0.05, 0) is 61.3 Å². The maximum absolute atomic E-state index is 15.2. The molecule has 5 rings (SSSR count). The molecule has 0 unspecified atom stereocenters. The van der Waals surface area contributed by atoms with Crippen LogP contribution in [0.3, 0.4) is 0 Å². The summed E-state index contributed by atoms with van der Waals surface area (Å²) < 4.78 is 15.2. The molecule has 77 heavy (non-hydrogen) atoms. The lowest BCUT2D eigenvalue weighted by molar-refractivity contribution is -0.141. The van der Waals surface area contributed by atoms with Gasteiger partial charge >= 0.3 is 0 Å². The number of hydrogen-bond acceptors (Lipinski definition) is 13. The first-order chi connectivity index (χ1) is 36.5. The molecule has 26 heteroatoms. The Kier molecular flexibility index (Phi) is 22.1. The summed E-state index contributed by atoms with van der Waals surface area (Å²) in [5.74, 6) is -8.48. The Morgan fingerprint density at radius 2 is 1.40 bits per heavy atom. The fraction of sp³-hybridized carbons (Fsp3) is 0.471. The Morgan fingerprint density at radius 3 is 2.05 bits per heavy atom. The monoisotopic (exact) mass is 1090 g/mol. The van der Waals surface area contributed by atoms with Crippen LogP contribution in [0.4, 0.5) is 4.39 Å². The summed E-state index contributed by atoms with van der Waals surface area (Å²) >= 11 is 1.35. The number of amides is 10. The van der Waals surface area contributed by atoms with Crippen molar-refractivity contribution < 1.29 is 52.3 Å². The number of benzene rings is 2. The topological polar surface area (TPSA) is 381 Å². The quantitative estimate of drug-likeness (QED) is 0.0318. The molecule has 1 aliphatic heterocycles. The summed E-state index contributed by atoms with van der Waals surface area (Å²) in [4.78, 5) is 145. The molecule has 10 amide bonds. The Bertz CT molecular complexity index is 2740. The van der Waals surface area contributed by atoms with Gasteiger partial charge in [-0.1, -0.05) is 64.1 Å². The third-order valence-corrected chi connectivity index (χ3v) is 13.6. The molecule has 3 heterocycles. The second kappa shape index (κ2) is 28.3. The number of aromatic nitrogens is 3. The number of imidazole rings is 1. The second-order valence-electron chi connectivity index (χ2n) is 19.6. The second-order valence-corrected chi connectivity index (χ2v) is 20.6. The van der Waals surface area contributed by atoms with Crippen LogP contribution >= 0.6 is 11.8 Å². The predicted octanol–water partition coefficient (Wildman–Crippen LogP) is -1.22. The summed E-state index contributed by atoms with van der Waals surface area (Å²) in [5, 5.41) is 18.2. The van der Waals surface area contributed by atoms with E-state index in [0.29, 0.717) is 17.0 Å². The van der Waals surface area contributed by atoms with Crippen molar-refractivity contribution in [2.75, 3.05) is 18.2 Å². The minimum absolute atomic E-state index is 0.0679. The third kappa shape index (κ3) is 17.6. The van der Waals surface area contributed by atoms with E-state index < -0.39 is 126 Å². The number of carbonyl (C=O) groups is 10. The fourth-order valence-corrected chi connectivity index (χ4v) is 9.64. The molecule has 0 radical (unpaired) electrons. The first kappa shape index (κ1) is 60.0. The highest BCUT2D eigenvalue weighted by Crippen LogP contribution is 2.24. The van der Waals surface area contributed by atoms with Crippen LogP contribution in [0.2, 0.25) is 0 Å². The highest BCUT2D eigenvalue weighted by molar-refractivity contribution is 7.99. The normalized spacial score (nSPS) is 16.0. The van der Waals surface area contributed by atoms with Gasteiger partial charge in [-0.25, -0.2) is 9.37 Å². The number of rotatable bonds is 28. The number of nitrogens with zero attached hydrogens (tertiary/aromatic N) is 2. The van der Waals surface area contributed by atoms with E-state index in [0.717, 1.165) is 5.56 Å². The molecule has 2 aromatic carbocycles. The van der Waals surface area contributed by atoms with Gasteiger partial charge in [-0.3, -0.25) is 47.9 Å². The van der Waals surface area contributed by atoms with Gasteiger partial charge in [-0.15, -0.1) is 11.8 Å². The number of carbonyl (C=O) groups excluding carboxylic acids is 10. The summed E-state index contributed by atoms with van der Waals surface area (Å²) in [5.41, 5.74) is 19.0. The third-order valence-electron chi connectivity index (χ3n) is 12.6. The molecule has 4 aromatic rings. The Labute approximate surface area is 448 Å². The zero-order chi connectivity index (χ0) is 56.5. The lowest BCUT2D eigenvalue weighted by Crippen LogP contribution is -2.59. The summed E-state index contributed by atoms with van der Waals surface area (Å²) in [6.07, 6.45) is 3.57. The van der Waals surface area contributed by atoms with E-state index in [1.807, 2.05) is 13.8 Å². The maximum Gasteiger partial charge on any atom is 0.246 e. The van der Waals surface area contributed by atoms with Crippen LogP contribution in [0.1, 0.15) is 70.7 Å². The lowest BCUT2D eigenvalue weighted by Gasteiger charge is -2.29. The van der Waals surface area contributed by atoms with Crippen molar-refractivity contribution >= 4 is 81.7 Å². The number of thioether (sulfide) groups is 1. The summed E-state index contributed by atoms with van der Waals surface area (Å²) in [7, 11) is 0. The molecule has 0 saturated carbocycles. The highest BCUT2D eigenvalue weighted by atomic mass is 32.2. The first-order valence-electron chi connectivity index (χ1n) is 25.1. The van der Waals surface area contributed by atoms with Crippen LogP contribution in [0.25, 0.3) is 10.9 Å². The Hall–Kier alpha value is -7.87. The van der Waals surface area contributed by atoms with Gasteiger partial charge in [-0.2, -0.15) is 0 Å². The molecule has 416 valence electrons. The largest absolute Gasteiger partial charge is 0.370 e. The summed E-state index contributed by atoms with van der Waals surface area (Å²) in [6.45, 7) is 7.60. The number of primary amides is 2. The molecule has 1 saturated heterocycles. The molecular weight excluding hydrogens is 1020 g/mol. The van der Waals surface area contributed by atoms with E-state index in [9.17, 15) is 47.9 Å². The number of nitrogens with two attached hydrogens (primary N) is 3. The molecule has 24 nitrogen and oxygen atoms in total. The van der Waals surface area contributed by atoms with Crippen molar-refractivity contribution in [3.63, 3.8) is 0 Å². The number of fused-ring (bicyclic) bond motifs is 1. The van der Waals surface area contributed by atoms with E-state index in [1.54, 1.807) is 50.2 Å². The van der Waals surface area contributed by atoms with Crippen molar-refractivity contribution in [3.05, 3.63) is 89.9 Å². The first-order valence-corrected chi connectivity index (χ1v) is 26.2. The SMILES string of the molecule is CC(C)C[C@H](NC(=O)[C@H](Cc1cnc[nH]1)NC(=O)CNC(=O)[C@@H](NC(=O)[C@H](C)NC(=O)[C@H](Cc1c[nH]c2cccc(F)c12)NC(=O)[C@H](CCC(N)=O)NC(=O)[C@H](N)Cc1ccccc1)C(C)C)C(=O)N1CSC[C@H]1C(N)=O. The average molecular weight is 1090 g/mol. The molecule has 1 aliphatic rings. The van der Waals surface area contributed by atoms with Crippen LogP contribution < -0.4 is 54.4 Å². The van der Waals surface area contributed by atoms with Crippen LogP contribution in [0.15, 0.2) is 67.3 Å².